The fourth-order valence-electron chi connectivity index (χ4n) is 4.85. The Bertz CT molecular complexity index is 1550. The minimum absolute atomic E-state index is 0.102. The van der Waals surface area contributed by atoms with Gasteiger partial charge in [0.25, 0.3) is 11.8 Å². The van der Waals surface area contributed by atoms with Crippen LogP contribution < -0.4 is 20.7 Å². The van der Waals surface area contributed by atoms with Crippen molar-refractivity contribution >= 4 is 36.0 Å². The molecule has 0 bridgehead atoms. The molecule has 3 aromatic rings. The molecule has 11 nitrogen and oxygen atoms in total. The van der Waals surface area contributed by atoms with E-state index in [0.717, 1.165) is 49.2 Å². The van der Waals surface area contributed by atoms with Gasteiger partial charge in [0.2, 0.25) is 13.8 Å². The summed E-state index contributed by atoms with van der Waals surface area (Å²) in [5, 5.41) is 46.7. The number of nitrogens with zero attached hydrogens (tertiary/aromatic N) is 2. The molecule has 1 aliphatic rings. The number of benzene rings is 2. The van der Waals surface area contributed by atoms with Gasteiger partial charge in [-0.2, -0.15) is 13.2 Å². The third-order valence-electron chi connectivity index (χ3n) is 6.80. The second-order valence-electron chi connectivity index (χ2n) is 10.8. The lowest BCUT2D eigenvalue weighted by molar-refractivity contribution is -0.223. The number of halogens is 3. The number of piperidine rings is 1. The number of alkyl halides is 3. The van der Waals surface area contributed by atoms with E-state index in [0.29, 0.717) is 10.9 Å². The van der Waals surface area contributed by atoms with Gasteiger partial charge in [-0.1, -0.05) is 12.0 Å². The summed E-state index contributed by atoms with van der Waals surface area (Å²) in [6.45, 7) is 1.39. The molecule has 0 spiro atoms. The van der Waals surface area contributed by atoms with Gasteiger partial charge in [0.05, 0.1) is 23.4 Å². The van der Waals surface area contributed by atoms with Crippen LogP contribution in [-0.4, -0.2) is 94.3 Å². The zero-order valence-corrected chi connectivity index (χ0v) is 24.1. The van der Waals surface area contributed by atoms with E-state index < -0.39 is 30.4 Å². The molecule has 4 rings (SSSR count). The van der Waals surface area contributed by atoms with Gasteiger partial charge in [0.15, 0.2) is 0 Å². The first kappa shape index (κ1) is 33.0. The highest BCUT2D eigenvalue weighted by Crippen LogP contribution is 2.32. The lowest BCUT2D eigenvalue weighted by atomic mass is 10.0. The molecular weight excluding hydrogens is 582 g/mol. The lowest BCUT2D eigenvalue weighted by Gasteiger charge is -2.30. The molecule has 0 atom stereocenters. The van der Waals surface area contributed by atoms with Gasteiger partial charge in [0, 0.05) is 29.6 Å². The van der Waals surface area contributed by atoms with Crippen molar-refractivity contribution in [2.24, 2.45) is 0 Å². The van der Waals surface area contributed by atoms with E-state index >= 15 is 0 Å². The third-order valence-corrected chi connectivity index (χ3v) is 6.80. The molecule has 7 N–H and O–H groups in total. The van der Waals surface area contributed by atoms with E-state index in [9.17, 15) is 38.4 Å². The van der Waals surface area contributed by atoms with Crippen molar-refractivity contribution in [3.8, 4) is 17.6 Å². The highest BCUT2D eigenvalue weighted by atomic mass is 19.4. The Hall–Kier alpha value is -3.94. The Morgan fingerprint density at radius 3 is 2.43 bits per heavy atom. The Morgan fingerprint density at radius 1 is 1.09 bits per heavy atom. The number of carbonyl (C=O) groups excluding carboxylic acids is 1. The SMILES string of the molecule is [B]C(O)(O)Oc1cc(C(=O)NC(C)(O)O)ccc1NCC#Cc1cc2c(NC3CCN(C)CC3)cccc2n1CC(F)(F)F. The Balaban J connectivity index is 1.59. The summed E-state index contributed by atoms with van der Waals surface area (Å²) in [5.41, 5.74) is 1.21. The normalized spacial score (nSPS) is 15.0. The molecule has 0 unspecified atom stereocenters. The molecule has 234 valence electrons. The third kappa shape index (κ3) is 9.28. The minimum Gasteiger partial charge on any atom is -0.447 e. The molecule has 2 aromatic carbocycles. The van der Waals surface area contributed by atoms with Crippen LogP contribution in [0.25, 0.3) is 10.9 Å². The van der Waals surface area contributed by atoms with E-state index in [1.807, 2.05) is 18.4 Å². The predicted molar refractivity (Wildman–Crippen MR) is 158 cm³/mol. The first-order chi connectivity index (χ1) is 20.5. The number of hydrogen-bond donors (Lipinski definition) is 7. The molecule has 1 fully saturated rings. The zero-order valence-electron chi connectivity index (χ0n) is 24.1. The van der Waals surface area contributed by atoms with Crippen LogP contribution in [0.3, 0.4) is 0 Å². The van der Waals surface area contributed by atoms with Crippen molar-refractivity contribution in [3.63, 3.8) is 0 Å². The zero-order chi connectivity index (χ0) is 32.3. The molecular formula is C29H33BF3N5O6. The summed E-state index contributed by atoms with van der Waals surface area (Å²) >= 11 is 0. The molecule has 15 heteroatoms. The number of carbonyl (C=O) groups is 1. The van der Waals surface area contributed by atoms with E-state index in [2.05, 4.69) is 27.4 Å². The van der Waals surface area contributed by atoms with E-state index in [1.165, 1.54) is 12.1 Å². The topological polar surface area (TPSA) is 151 Å². The maximum atomic E-state index is 13.6. The summed E-state index contributed by atoms with van der Waals surface area (Å²) in [6, 6.07) is 10.6. The molecule has 2 heterocycles. The van der Waals surface area contributed by atoms with Gasteiger partial charge in [-0.05, 0) is 75.3 Å². The van der Waals surface area contributed by atoms with E-state index in [-0.39, 0.29) is 35.3 Å². The van der Waals surface area contributed by atoms with Crippen molar-refractivity contribution in [1.29, 1.82) is 0 Å². The number of aromatic nitrogens is 1. The second kappa shape index (κ2) is 13.0. The van der Waals surface area contributed by atoms with Crippen LogP contribution in [0.4, 0.5) is 24.5 Å². The summed E-state index contributed by atoms with van der Waals surface area (Å²) < 4.78 is 46.8. The summed E-state index contributed by atoms with van der Waals surface area (Å²) in [4.78, 5) is 14.5. The first-order valence-electron chi connectivity index (χ1n) is 13.7. The first-order valence-corrected chi connectivity index (χ1v) is 13.7. The Morgan fingerprint density at radius 2 is 1.80 bits per heavy atom. The van der Waals surface area contributed by atoms with Crippen LogP contribution in [0.15, 0.2) is 42.5 Å². The van der Waals surface area contributed by atoms with Crippen LogP contribution >= 0.6 is 0 Å². The molecule has 0 saturated carbocycles. The lowest BCUT2D eigenvalue weighted by Crippen LogP contribution is -2.45. The summed E-state index contributed by atoms with van der Waals surface area (Å²) in [6.07, 6.45) is -2.68. The molecule has 1 amide bonds. The molecule has 1 saturated heterocycles. The predicted octanol–water partition coefficient (Wildman–Crippen LogP) is 1.70. The number of ether oxygens (including phenoxy) is 1. The van der Waals surface area contributed by atoms with Crippen molar-refractivity contribution in [2.45, 2.75) is 50.3 Å². The average molecular weight is 615 g/mol. The van der Waals surface area contributed by atoms with Gasteiger partial charge < -0.3 is 50.6 Å². The Labute approximate surface area is 253 Å². The second-order valence-corrected chi connectivity index (χ2v) is 10.8. The number of amides is 1. The fraction of sp³-hybridized carbons (Fsp3) is 0.414. The molecule has 2 radical (unpaired) electrons. The average Bonchev–Trinajstić information content (AvgIpc) is 3.23. The van der Waals surface area contributed by atoms with Gasteiger partial charge in [-0.25, -0.2) is 0 Å². The monoisotopic (exact) mass is 615 g/mol. The van der Waals surface area contributed by atoms with Gasteiger partial charge >= 0.3 is 6.18 Å². The number of aliphatic hydroxyl groups is 4. The van der Waals surface area contributed by atoms with Gasteiger partial charge in [-0.3, -0.25) is 4.79 Å². The van der Waals surface area contributed by atoms with Crippen molar-refractivity contribution < 1.29 is 43.1 Å². The number of hydrogen-bond acceptors (Lipinski definition) is 9. The van der Waals surface area contributed by atoms with Gasteiger partial charge in [-0.15, -0.1) is 0 Å². The van der Waals surface area contributed by atoms with Gasteiger partial charge in [0.1, 0.15) is 12.3 Å². The highest BCUT2D eigenvalue weighted by Gasteiger charge is 2.30. The number of likely N-dealkylation sites (tertiary alicyclic amines) is 1. The summed E-state index contributed by atoms with van der Waals surface area (Å²) in [7, 11) is 7.17. The van der Waals surface area contributed by atoms with E-state index in [1.54, 1.807) is 18.2 Å². The summed E-state index contributed by atoms with van der Waals surface area (Å²) in [5.74, 6) is -1.32. The molecule has 1 aliphatic heterocycles. The molecule has 1 aromatic heterocycles. The molecule has 0 aliphatic carbocycles. The van der Waals surface area contributed by atoms with Crippen LogP contribution in [0.2, 0.25) is 0 Å². The molecule has 44 heavy (non-hydrogen) atoms. The smallest absolute Gasteiger partial charge is 0.406 e. The quantitative estimate of drug-likeness (QED) is 0.108. The highest BCUT2D eigenvalue weighted by molar-refractivity contribution is 6.12. The minimum atomic E-state index is -4.49. The van der Waals surface area contributed by atoms with Crippen molar-refractivity contribution in [1.82, 2.24) is 14.8 Å². The number of nitrogens with one attached hydrogen (secondary N) is 3. The van der Waals surface area contributed by atoms with Crippen LogP contribution in [0.1, 0.15) is 35.8 Å². The standard InChI is InChI=1S/C29H33BF3N5O6/c1-27(40,41)36-26(39)18-8-9-23(25(15-18)44-29(30,42)43)34-12-4-5-20-16-21-22(35-19-10-13-37(2)14-11-19)6-3-7-24(21)38(20)17-28(31,32)33/h3,6-9,15-16,19,34-35,40-43H,10-14,17H2,1-2H3,(H,36,39). The fourth-order valence-corrected chi connectivity index (χ4v) is 4.85. The van der Waals surface area contributed by atoms with Crippen LogP contribution in [0, 0.1) is 11.8 Å². The number of fused-ring (bicyclic) bond motifs is 1. The van der Waals surface area contributed by atoms with Crippen LogP contribution in [-0.2, 0) is 6.54 Å². The van der Waals surface area contributed by atoms with Crippen molar-refractivity contribution in [2.75, 3.05) is 37.3 Å². The van der Waals surface area contributed by atoms with Crippen LogP contribution in [0.5, 0.6) is 5.75 Å². The number of anilines is 2. The van der Waals surface area contributed by atoms with E-state index in [4.69, 9.17) is 12.6 Å². The largest absolute Gasteiger partial charge is 0.447 e. The van der Waals surface area contributed by atoms with Crippen molar-refractivity contribution in [3.05, 3.63) is 53.7 Å². The number of rotatable bonds is 9. The maximum Gasteiger partial charge on any atom is 0.406 e. The maximum absolute atomic E-state index is 13.6. The Kier molecular flexibility index (Phi) is 9.72.